The third kappa shape index (κ3) is 3.34. The number of alkyl halides is 1. The number of imidazole rings is 1. The molecule has 4 nitrogen and oxygen atoms in total. The SMILES string of the molecule is Cc1c(CN(C(=O)CCl)C2CCc3ncc(C)n3C2)ccc2ccccc12. The third-order valence-corrected chi connectivity index (χ3v) is 5.99. The van der Waals surface area contributed by atoms with E-state index >= 15 is 0 Å². The van der Waals surface area contributed by atoms with Gasteiger partial charge in [0.05, 0.1) is 6.04 Å². The van der Waals surface area contributed by atoms with Crippen LogP contribution < -0.4 is 0 Å². The first-order chi connectivity index (χ1) is 13.1. The predicted molar refractivity (Wildman–Crippen MR) is 109 cm³/mol. The molecule has 1 aromatic heterocycles. The second-order valence-corrected chi connectivity index (χ2v) is 7.61. The monoisotopic (exact) mass is 381 g/mol. The maximum absolute atomic E-state index is 12.7. The summed E-state index contributed by atoms with van der Waals surface area (Å²) in [6.45, 7) is 5.59. The molecule has 1 atom stereocenters. The van der Waals surface area contributed by atoms with Gasteiger partial charge in [-0.2, -0.15) is 0 Å². The van der Waals surface area contributed by atoms with E-state index in [1.165, 1.54) is 21.9 Å². The minimum atomic E-state index is -0.00422. The van der Waals surface area contributed by atoms with E-state index in [2.05, 4.69) is 59.8 Å². The summed E-state index contributed by atoms with van der Waals surface area (Å²) < 4.78 is 2.23. The lowest BCUT2D eigenvalue weighted by Crippen LogP contribution is -2.45. The van der Waals surface area contributed by atoms with E-state index in [9.17, 15) is 4.79 Å². The summed E-state index contributed by atoms with van der Waals surface area (Å²) in [6, 6.07) is 12.8. The number of carbonyl (C=O) groups is 1. The van der Waals surface area contributed by atoms with Crippen LogP contribution in [0.3, 0.4) is 0 Å². The van der Waals surface area contributed by atoms with Gasteiger partial charge in [0.2, 0.25) is 5.91 Å². The Hall–Kier alpha value is -2.33. The number of carbonyl (C=O) groups excluding carboxylic acids is 1. The molecule has 27 heavy (non-hydrogen) atoms. The summed E-state index contributed by atoms with van der Waals surface area (Å²) in [5.74, 6) is 1.12. The van der Waals surface area contributed by atoms with Gasteiger partial charge >= 0.3 is 0 Å². The first-order valence-electron chi connectivity index (χ1n) is 9.42. The number of hydrogen-bond donors (Lipinski definition) is 0. The largest absolute Gasteiger partial charge is 0.333 e. The quantitative estimate of drug-likeness (QED) is 0.634. The fraction of sp³-hybridized carbons (Fsp3) is 0.364. The number of halogens is 1. The molecule has 0 saturated heterocycles. The molecular weight excluding hydrogens is 358 g/mol. The molecule has 2 heterocycles. The number of hydrogen-bond acceptors (Lipinski definition) is 2. The van der Waals surface area contributed by atoms with Gasteiger partial charge in [-0.15, -0.1) is 11.6 Å². The Kier molecular flexibility index (Phi) is 4.92. The molecule has 140 valence electrons. The molecule has 1 aliphatic rings. The minimum Gasteiger partial charge on any atom is -0.333 e. The molecule has 5 heteroatoms. The third-order valence-electron chi connectivity index (χ3n) is 5.76. The van der Waals surface area contributed by atoms with Gasteiger partial charge in [-0.25, -0.2) is 4.98 Å². The van der Waals surface area contributed by atoms with Crippen LogP contribution in [0.25, 0.3) is 10.8 Å². The highest BCUT2D eigenvalue weighted by atomic mass is 35.5. The van der Waals surface area contributed by atoms with Crippen molar-refractivity contribution in [1.29, 1.82) is 0 Å². The lowest BCUT2D eigenvalue weighted by Gasteiger charge is -2.35. The number of aromatic nitrogens is 2. The lowest BCUT2D eigenvalue weighted by molar-refractivity contribution is -0.132. The highest BCUT2D eigenvalue weighted by Crippen LogP contribution is 2.26. The van der Waals surface area contributed by atoms with Crippen molar-refractivity contribution in [3.8, 4) is 0 Å². The zero-order chi connectivity index (χ0) is 19.0. The number of amides is 1. The van der Waals surface area contributed by atoms with E-state index in [1.54, 1.807) is 0 Å². The maximum Gasteiger partial charge on any atom is 0.238 e. The zero-order valence-electron chi connectivity index (χ0n) is 15.8. The van der Waals surface area contributed by atoms with E-state index in [0.29, 0.717) is 6.54 Å². The standard InChI is InChI=1S/C22H24ClN3O/c1-15-12-24-21-10-9-19(14-25(15)21)26(22(27)11-23)13-18-8-7-17-5-3-4-6-20(17)16(18)2/h3-8,12,19H,9-11,13-14H2,1-2H3. The maximum atomic E-state index is 12.7. The summed E-state index contributed by atoms with van der Waals surface area (Å²) >= 11 is 5.97. The van der Waals surface area contributed by atoms with Gasteiger partial charge < -0.3 is 9.47 Å². The molecule has 0 N–H and O–H groups in total. The molecule has 0 aliphatic carbocycles. The van der Waals surface area contributed by atoms with Crippen LogP contribution in [0.2, 0.25) is 0 Å². The molecule has 0 bridgehead atoms. The molecule has 1 amide bonds. The van der Waals surface area contributed by atoms with Crippen LogP contribution in [0.4, 0.5) is 0 Å². The van der Waals surface area contributed by atoms with Gasteiger partial charge in [-0.1, -0.05) is 36.4 Å². The normalized spacial score (nSPS) is 16.3. The van der Waals surface area contributed by atoms with Gasteiger partial charge in [0.15, 0.2) is 0 Å². The predicted octanol–water partition coefficient (Wildman–Crippen LogP) is 4.24. The van der Waals surface area contributed by atoms with Crippen LogP contribution in [0.15, 0.2) is 42.6 Å². The van der Waals surface area contributed by atoms with E-state index in [4.69, 9.17) is 11.6 Å². The number of aryl methyl sites for hydroxylation is 3. The molecule has 0 saturated carbocycles. The molecule has 2 aromatic carbocycles. The van der Waals surface area contributed by atoms with Crippen molar-refractivity contribution in [2.45, 2.75) is 45.8 Å². The molecule has 0 spiro atoms. The van der Waals surface area contributed by atoms with Crippen molar-refractivity contribution in [3.05, 3.63) is 65.2 Å². The van der Waals surface area contributed by atoms with Crippen LogP contribution in [-0.2, 0) is 24.3 Å². The Balaban J connectivity index is 1.65. The van der Waals surface area contributed by atoms with Crippen molar-refractivity contribution in [3.63, 3.8) is 0 Å². The van der Waals surface area contributed by atoms with Crippen molar-refractivity contribution in [2.75, 3.05) is 5.88 Å². The van der Waals surface area contributed by atoms with Crippen LogP contribution in [0.1, 0.15) is 29.1 Å². The zero-order valence-corrected chi connectivity index (χ0v) is 16.5. The average Bonchev–Trinajstić information content (AvgIpc) is 3.07. The van der Waals surface area contributed by atoms with Gasteiger partial charge in [-0.05, 0) is 42.2 Å². The smallest absolute Gasteiger partial charge is 0.238 e. The fourth-order valence-corrected chi connectivity index (χ4v) is 4.29. The number of rotatable bonds is 4. The first-order valence-corrected chi connectivity index (χ1v) is 9.95. The summed E-state index contributed by atoms with van der Waals surface area (Å²) in [4.78, 5) is 19.1. The Labute approximate surface area is 164 Å². The number of benzene rings is 2. The Bertz CT molecular complexity index is 994. The van der Waals surface area contributed by atoms with Crippen LogP contribution in [-0.4, -0.2) is 32.3 Å². The Morgan fingerprint density at radius 2 is 2.07 bits per heavy atom. The topological polar surface area (TPSA) is 38.1 Å². The average molecular weight is 382 g/mol. The van der Waals surface area contributed by atoms with Crippen LogP contribution in [0.5, 0.6) is 0 Å². The number of fused-ring (bicyclic) bond motifs is 2. The van der Waals surface area contributed by atoms with Gasteiger partial charge in [0, 0.05) is 31.4 Å². The van der Waals surface area contributed by atoms with Crippen molar-refractivity contribution in [2.24, 2.45) is 0 Å². The molecule has 0 fully saturated rings. The van der Waals surface area contributed by atoms with Gasteiger partial charge in [-0.3, -0.25) is 4.79 Å². The summed E-state index contributed by atoms with van der Waals surface area (Å²) in [7, 11) is 0. The van der Waals surface area contributed by atoms with E-state index < -0.39 is 0 Å². The molecule has 4 rings (SSSR count). The van der Waals surface area contributed by atoms with Crippen LogP contribution in [0, 0.1) is 13.8 Å². The molecule has 1 aliphatic heterocycles. The Morgan fingerprint density at radius 3 is 2.89 bits per heavy atom. The van der Waals surface area contributed by atoms with Crippen molar-refractivity contribution >= 4 is 28.3 Å². The van der Waals surface area contributed by atoms with E-state index in [1.807, 2.05) is 11.1 Å². The lowest BCUT2D eigenvalue weighted by atomic mass is 9.98. The second-order valence-electron chi connectivity index (χ2n) is 7.35. The van der Waals surface area contributed by atoms with E-state index in [0.717, 1.165) is 30.9 Å². The molecule has 3 aromatic rings. The molecular formula is C22H24ClN3O. The highest BCUT2D eigenvalue weighted by Gasteiger charge is 2.29. The molecule has 0 radical (unpaired) electrons. The second kappa shape index (κ2) is 7.35. The summed E-state index contributed by atoms with van der Waals surface area (Å²) in [5.41, 5.74) is 3.56. The van der Waals surface area contributed by atoms with E-state index in [-0.39, 0.29) is 17.8 Å². The van der Waals surface area contributed by atoms with Gasteiger partial charge in [0.1, 0.15) is 11.7 Å². The van der Waals surface area contributed by atoms with Crippen molar-refractivity contribution in [1.82, 2.24) is 14.5 Å². The highest BCUT2D eigenvalue weighted by molar-refractivity contribution is 6.27. The Morgan fingerprint density at radius 1 is 1.26 bits per heavy atom. The van der Waals surface area contributed by atoms with Gasteiger partial charge in [0.25, 0.3) is 0 Å². The summed E-state index contributed by atoms with van der Waals surface area (Å²) in [6.07, 6.45) is 3.73. The first kappa shape index (κ1) is 18.1. The minimum absolute atomic E-state index is 0.00422. The number of nitrogens with zero attached hydrogens (tertiary/aromatic N) is 3. The van der Waals surface area contributed by atoms with Crippen LogP contribution >= 0.6 is 11.6 Å². The fourth-order valence-electron chi connectivity index (χ4n) is 4.14. The van der Waals surface area contributed by atoms with Crippen molar-refractivity contribution < 1.29 is 4.79 Å². The summed E-state index contributed by atoms with van der Waals surface area (Å²) in [5, 5.41) is 2.47. The molecule has 1 unspecified atom stereocenters.